The molecular formula is C15H15NO2S. The molecule has 19 heavy (non-hydrogen) atoms. The van der Waals surface area contributed by atoms with Gasteiger partial charge in [0.2, 0.25) is 0 Å². The van der Waals surface area contributed by atoms with Gasteiger partial charge in [0, 0.05) is 16.1 Å². The minimum atomic E-state index is -0.124. The minimum absolute atomic E-state index is 0.124. The Morgan fingerprint density at radius 3 is 2.53 bits per heavy atom. The van der Waals surface area contributed by atoms with Gasteiger partial charge in [0.1, 0.15) is 5.75 Å². The van der Waals surface area contributed by atoms with E-state index in [9.17, 15) is 4.79 Å². The van der Waals surface area contributed by atoms with E-state index >= 15 is 0 Å². The molecule has 1 N–H and O–H groups in total. The van der Waals surface area contributed by atoms with Crippen LogP contribution in [0.4, 0.5) is 5.69 Å². The van der Waals surface area contributed by atoms with E-state index in [1.165, 1.54) is 0 Å². The maximum absolute atomic E-state index is 12.1. The average molecular weight is 273 g/mol. The first kappa shape index (κ1) is 13.5. The van der Waals surface area contributed by atoms with Crippen molar-refractivity contribution in [1.82, 2.24) is 0 Å². The quantitative estimate of drug-likeness (QED) is 0.864. The molecule has 0 fully saturated rings. The highest BCUT2D eigenvalue weighted by atomic mass is 32.2. The Morgan fingerprint density at radius 2 is 1.89 bits per heavy atom. The summed E-state index contributed by atoms with van der Waals surface area (Å²) in [6.07, 6.45) is 2.00. The number of amides is 1. The van der Waals surface area contributed by atoms with Crippen LogP contribution in [0.3, 0.4) is 0 Å². The Hall–Kier alpha value is -1.94. The van der Waals surface area contributed by atoms with Crippen molar-refractivity contribution in [3.05, 3.63) is 54.1 Å². The third kappa shape index (κ3) is 3.51. The van der Waals surface area contributed by atoms with Crippen molar-refractivity contribution in [2.24, 2.45) is 0 Å². The van der Waals surface area contributed by atoms with E-state index in [2.05, 4.69) is 5.32 Å². The highest BCUT2D eigenvalue weighted by Gasteiger charge is 2.06. The van der Waals surface area contributed by atoms with Gasteiger partial charge in [0.25, 0.3) is 5.91 Å². The molecule has 0 aromatic heterocycles. The van der Waals surface area contributed by atoms with E-state index < -0.39 is 0 Å². The van der Waals surface area contributed by atoms with Crippen LogP contribution >= 0.6 is 11.8 Å². The normalized spacial score (nSPS) is 10.0. The Kier molecular flexibility index (Phi) is 4.47. The van der Waals surface area contributed by atoms with Gasteiger partial charge in [0.05, 0.1) is 7.11 Å². The zero-order valence-corrected chi connectivity index (χ0v) is 11.7. The number of methoxy groups -OCH3 is 1. The molecule has 0 saturated carbocycles. The number of ether oxygens (including phenoxy) is 1. The molecule has 2 aromatic carbocycles. The van der Waals surface area contributed by atoms with Crippen molar-refractivity contribution in [3.8, 4) is 5.75 Å². The fourth-order valence-corrected chi connectivity index (χ4v) is 2.11. The molecule has 0 aliphatic carbocycles. The number of benzene rings is 2. The monoisotopic (exact) mass is 273 g/mol. The smallest absolute Gasteiger partial charge is 0.255 e. The Labute approximate surface area is 117 Å². The highest BCUT2D eigenvalue weighted by Crippen LogP contribution is 2.20. The summed E-state index contributed by atoms with van der Waals surface area (Å²) in [6.45, 7) is 0. The van der Waals surface area contributed by atoms with Crippen molar-refractivity contribution in [2.45, 2.75) is 4.90 Å². The summed E-state index contributed by atoms with van der Waals surface area (Å²) in [5.41, 5.74) is 1.41. The lowest BCUT2D eigenvalue weighted by atomic mass is 10.2. The van der Waals surface area contributed by atoms with Crippen LogP contribution in [-0.2, 0) is 0 Å². The maximum Gasteiger partial charge on any atom is 0.255 e. The third-order valence-corrected chi connectivity index (χ3v) is 3.41. The molecule has 0 saturated heterocycles. The second-order valence-corrected chi connectivity index (χ2v) is 4.79. The van der Waals surface area contributed by atoms with Crippen LogP contribution < -0.4 is 10.1 Å². The number of nitrogens with one attached hydrogen (secondary N) is 1. The highest BCUT2D eigenvalue weighted by molar-refractivity contribution is 7.98. The lowest BCUT2D eigenvalue weighted by Gasteiger charge is -2.07. The fourth-order valence-electron chi connectivity index (χ4n) is 1.65. The number of hydrogen-bond acceptors (Lipinski definition) is 3. The number of anilines is 1. The molecule has 0 heterocycles. The van der Waals surface area contributed by atoms with Crippen molar-refractivity contribution in [2.75, 3.05) is 18.7 Å². The van der Waals surface area contributed by atoms with Crippen LogP contribution in [0, 0.1) is 0 Å². The molecule has 0 spiro atoms. The van der Waals surface area contributed by atoms with E-state index in [0.29, 0.717) is 5.56 Å². The molecule has 0 aliphatic heterocycles. The standard InChI is InChI=1S/C15H15NO2S/c1-18-13-8-6-11(7-9-13)15(17)16-12-4-3-5-14(10-12)19-2/h3-10H,1-2H3,(H,16,17). The molecule has 2 aromatic rings. The van der Waals surface area contributed by atoms with Crippen molar-refractivity contribution >= 4 is 23.4 Å². The number of thioether (sulfide) groups is 1. The second-order valence-electron chi connectivity index (χ2n) is 3.91. The number of carbonyl (C=O) groups is 1. The molecule has 0 bridgehead atoms. The van der Waals surface area contributed by atoms with Crippen molar-refractivity contribution in [1.29, 1.82) is 0 Å². The molecule has 2 rings (SSSR count). The molecule has 3 nitrogen and oxygen atoms in total. The van der Waals surface area contributed by atoms with E-state index in [1.54, 1.807) is 43.1 Å². The third-order valence-electron chi connectivity index (χ3n) is 2.68. The van der Waals surface area contributed by atoms with E-state index in [0.717, 1.165) is 16.3 Å². The van der Waals surface area contributed by atoms with Crippen LogP contribution in [0.25, 0.3) is 0 Å². The Bertz CT molecular complexity index is 567. The van der Waals surface area contributed by atoms with Gasteiger partial charge in [-0.3, -0.25) is 4.79 Å². The molecule has 0 atom stereocenters. The van der Waals surface area contributed by atoms with Gasteiger partial charge in [-0.05, 0) is 48.7 Å². The first-order chi connectivity index (χ1) is 9.22. The number of carbonyl (C=O) groups excluding carboxylic acids is 1. The zero-order chi connectivity index (χ0) is 13.7. The molecule has 0 unspecified atom stereocenters. The predicted octanol–water partition coefficient (Wildman–Crippen LogP) is 3.67. The summed E-state index contributed by atoms with van der Waals surface area (Å²) in [5, 5.41) is 2.88. The minimum Gasteiger partial charge on any atom is -0.497 e. The van der Waals surface area contributed by atoms with E-state index in [4.69, 9.17) is 4.74 Å². The van der Waals surface area contributed by atoms with Gasteiger partial charge in [-0.15, -0.1) is 11.8 Å². The van der Waals surface area contributed by atoms with Gasteiger partial charge in [-0.1, -0.05) is 6.07 Å². The van der Waals surface area contributed by atoms with Crippen molar-refractivity contribution < 1.29 is 9.53 Å². The molecule has 1 amide bonds. The summed E-state index contributed by atoms with van der Waals surface area (Å²) < 4.78 is 5.06. The van der Waals surface area contributed by atoms with E-state index in [1.807, 2.05) is 30.5 Å². The number of hydrogen-bond donors (Lipinski definition) is 1. The molecule has 0 aliphatic rings. The topological polar surface area (TPSA) is 38.3 Å². The first-order valence-electron chi connectivity index (χ1n) is 5.82. The molecule has 98 valence electrons. The Morgan fingerprint density at radius 1 is 1.16 bits per heavy atom. The summed E-state index contributed by atoms with van der Waals surface area (Å²) in [7, 11) is 1.60. The second kappa shape index (κ2) is 6.29. The average Bonchev–Trinajstić information content (AvgIpc) is 2.47. The van der Waals surface area contributed by atoms with Crippen molar-refractivity contribution in [3.63, 3.8) is 0 Å². The van der Waals surface area contributed by atoms with Crippen LogP contribution in [0.2, 0.25) is 0 Å². The number of rotatable bonds is 4. The summed E-state index contributed by atoms with van der Waals surface area (Å²) in [5.74, 6) is 0.613. The van der Waals surface area contributed by atoms with Gasteiger partial charge < -0.3 is 10.1 Å². The Balaban J connectivity index is 2.11. The first-order valence-corrected chi connectivity index (χ1v) is 7.05. The molecule has 0 radical (unpaired) electrons. The lowest BCUT2D eigenvalue weighted by molar-refractivity contribution is 0.102. The van der Waals surface area contributed by atoms with Crippen LogP contribution in [0.5, 0.6) is 5.75 Å². The van der Waals surface area contributed by atoms with Crippen LogP contribution in [0.1, 0.15) is 10.4 Å². The van der Waals surface area contributed by atoms with E-state index in [-0.39, 0.29) is 5.91 Å². The summed E-state index contributed by atoms with van der Waals surface area (Å²) >= 11 is 1.64. The maximum atomic E-state index is 12.1. The SMILES string of the molecule is COc1ccc(C(=O)Nc2cccc(SC)c2)cc1. The van der Waals surface area contributed by atoms with Gasteiger partial charge in [0.15, 0.2) is 0 Å². The van der Waals surface area contributed by atoms with Crippen LogP contribution in [-0.4, -0.2) is 19.3 Å². The van der Waals surface area contributed by atoms with Gasteiger partial charge in [-0.25, -0.2) is 0 Å². The lowest BCUT2D eigenvalue weighted by Crippen LogP contribution is -2.11. The van der Waals surface area contributed by atoms with Gasteiger partial charge in [-0.2, -0.15) is 0 Å². The van der Waals surface area contributed by atoms with Gasteiger partial charge >= 0.3 is 0 Å². The summed E-state index contributed by atoms with van der Waals surface area (Å²) in [6, 6.07) is 14.8. The molecular weight excluding hydrogens is 258 g/mol. The fraction of sp³-hybridized carbons (Fsp3) is 0.133. The largest absolute Gasteiger partial charge is 0.497 e. The predicted molar refractivity (Wildman–Crippen MR) is 79.2 cm³/mol. The van der Waals surface area contributed by atoms with Crippen LogP contribution in [0.15, 0.2) is 53.4 Å². The zero-order valence-electron chi connectivity index (χ0n) is 10.8. The summed E-state index contributed by atoms with van der Waals surface area (Å²) in [4.78, 5) is 13.2. The molecule has 4 heteroatoms.